The molecule has 3 atom stereocenters. The van der Waals surface area contributed by atoms with Gasteiger partial charge in [-0.05, 0) is 43.0 Å². The van der Waals surface area contributed by atoms with Crippen molar-refractivity contribution < 1.29 is 19.0 Å². The maximum Gasteiger partial charge on any atom is 0.164 e. The highest BCUT2D eigenvalue weighted by molar-refractivity contribution is 5.83. The molecule has 174 valence electrons. The molecule has 5 rings (SSSR count). The van der Waals surface area contributed by atoms with E-state index in [-0.39, 0.29) is 6.04 Å². The number of likely N-dealkylation sites (tertiary alicyclic amines) is 1. The van der Waals surface area contributed by atoms with Crippen molar-refractivity contribution in [3.63, 3.8) is 0 Å². The first-order chi connectivity index (χ1) is 16.1. The lowest BCUT2D eigenvalue weighted by Gasteiger charge is -2.65. The summed E-state index contributed by atoms with van der Waals surface area (Å²) in [6, 6.07) is 14.5. The molecule has 1 aliphatic heterocycles. The maximum absolute atomic E-state index is 12.9. The summed E-state index contributed by atoms with van der Waals surface area (Å²) >= 11 is 0. The fourth-order valence-corrected chi connectivity index (χ4v) is 6.81. The number of methoxy groups -OCH3 is 2. The van der Waals surface area contributed by atoms with Crippen LogP contribution >= 0.6 is 0 Å². The fourth-order valence-electron chi connectivity index (χ4n) is 6.81. The summed E-state index contributed by atoms with van der Waals surface area (Å²) in [4.78, 5) is 15.4. The quantitative estimate of drug-likeness (QED) is 0.587. The van der Waals surface area contributed by atoms with Crippen LogP contribution in [0.25, 0.3) is 0 Å². The third-order valence-electron chi connectivity index (χ3n) is 8.16. The van der Waals surface area contributed by atoms with E-state index in [0.717, 1.165) is 55.0 Å². The zero-order valence-corrected chi connectivity index (χ0v) is 19.6. The smallest absolute Gasteiger partial charge is 0.164 e. The van der Waals surface area contributed by atoms with Crippen LogP contribution in [0.15, 0.2) is 55.1 Å². The number of fused-ring (bicyclic) bond motifs is 1. The molecule has 0 spiro atoms. The first kappa shape index (κ1) is 22.2. The molecule has 2 fully saturated rings. The number of nitrogens with zero attached hydrogens (tertiary/aromatic N) is 1. The van der Waals surface area contributed by atoms with Gasteiger partial charge in [-0.25, -0.2) is 0 Å². The second kappa shape index (κ2) is 8.62. The van der Waals surface area contributed by atoms with E-state index in [0.29, 0.717) is 25.2 Å². The van der Waals surface area contributed by atoms with Gasteiger partial charge in [0.25, 0.3) is 0 Å². The molecule has 0 amide bonds. The number of carbonyl (C=O) groups is 1. The van der Waals surface area contributed by atoms with Crippen molar-refractivity contribution in [1.82, 2.24) is 4.90 Å². The third kappa shape index (κ3) is 3.32. The van der Waals surface area contributed by atoms with Gasteiger partial charge in [-0.3, -0.25) is 9.69 Å². The van der Waals surface area contributed by atoms with Crippen molar-refractivity contribution >= 4 is 5.78 Å². The summed E-state index contributed by atoms with van der Waals surface area (Å²) in [6.45, 7) is 6.18. The third-order valence-corrected chi connectivity index (χ3v) is 8.16. The van der Waals surface area contributed by atoms with Gasteiger partial charge in [0.2, 0.25) is 0 Å². The van der Waals surface area contributed by atoms with Crippen LogP contribution in [0.4, 0.5) is 0 Å². The summed E-state index contributed by atoms with van der Waals surface area (Å²) in [5, 5.41) is 0. The molecule has 0 unspecified atom stereocenters. The molecule has 33 heavy (non-hydrogen) atoms. The number of benzene rings is 2. The standard InChI is InChI=1S/C28H33NO4/c1-4-15-29-16-14-27-18-22(30)12-13-28(27,32-3)24(29)17-21-10-11-23(26(31-2)25(21)27)33-19-20-8-6-5-7-9-20/h4-11,24H,1,12-19H2,2-3H3/t24-,27+,28+/m0/s1. The van der Waals surface area contributed by atoms with Crippen molar-refractivity contribution in [2.24, 2.45) is 0 Å². The highest BCUT2D eigenvalue weighted by Gasteiger charge is 2.66. The number of hydrogen-bond acceptors (Lipinski definition) is 5. The Labute approximate surface area is 196 Å². The number of piperidine rings is 1. The molecule has 2 bridgehead atoms. The Kier molecular flexibility index (Phi) is 5.79. The maximum atomic E-state index is 12.9. The van der Waals surface area contributed by atoms with E-state index < -0.39 is 11.0 Å². The number of rotatable bonds is 7. The van der Waals surface area contributed by atoms with E-state index in [1.165, 1.54) is 5.56 Å². The number of hydrogen-bond donors (Lipinski definition) is 0. The molecule has 0 N–H and O–H groups in total. The molecule has 0 aromatic heterocycles. The Morgan fingerprint density at radius 3 is 2.70 bits per heavy atom. The minimum absolute atomic E-state index is 0.204. The number of ether oxygens (including phenoxy) is 3. The van der Waals surface area contributed by atoms with Crippen LogP contribution in [0.5, 0.6) is 11.5 Å². The van der Waals surface area contributed by atoms with Gasteiger partial charge in [0, 0.05) is 43.5 Å². The number of carbonyl (C=O) groups excluding carboxylic acids is 1. The van der Waals surface area contributed by atoms with E-state index >= 15 is 0 Å². The first-order valence-corrected chi connectivity index (χ1v) is 11.9. The number of Topliss-reactive ketones (excluding diaryl/α,β-unsaturated/α-hetero) is 1. The molecule has 2 aromatic rings. The average Bonchev–Trinajstić information content (AvgIpc) is 2.84. The van der Waals surface area contributed by atoms with E-state index in [9.17, 15) is 4.79 Å². The molecule has 3 aliphatic rings. The average molecular weight is 448 g/mol. The lowest BCUT2D eigenvalue weighted by Crippen LogP contribution is -2.74. The summed E-state index contributed by atoms with van der Waals surface area (Å²) in [5.74, 6) is 1.80. The van der Waals surface area contributed by atoms with Crippen LogP contribution in [0.3, 0.4) is 0 Å². The minimum atomic E-state index is -0.430. The summed E-state index contributed by atoms with van der Waals surface area (Å²) < 4.78 is 18.8. The van der Waals surface area contributed by atoms with Crippen molar-refractivity contribution in [2.45, 2.75) is 55.8 Å². The Morgan fingerprint density at radius 2 is 1.97 bits per heavy atom. The topological polar surface area (TPSA) is 48.0 Å². The highest BCUT2D eigenvalue weighted by atomic mass is 16.5. The van der Waals surface area contributed by atoms with Crippen LogP contribution in [0.1, 0.15) is 42.4 Å². The van der Waals surface area contributed by atoms with Gasteiger partial charge in [-0.15, -0.1) is 6.58 Å². The van der Waals surface area contributed by atoms with Crippen molar-refractivity contribution in [1.29, 1.82) is 0 Å². The fraction of sp³-hybridized carbons (Fsp3) is 0.464. The van der Waals surface area contributed by atoms with Crippen LogP contribution in [-0.2, 0) is 28.0 Å². The van der Waals surface area contributed by atoms with E-state index in [1.807, 2.05) is 37.5 Å². The zero-order valence-electron chi connectivity index (χ0n) is 19.6. The Bertz CT molecular complexity index is 1050. The molecule has 2 aliphatic carbocycles. The molecule has 2 aromatic carbocycles. The summed E-state index contributed by atoms with van der Waals surface area (Å²) in [7, 11) is 3.53. The van der Waals surface area contributed by atoms with Gasteiger partial charge < -0.3 is 14.2 Å². The van der Waals surface area contributed by atoms with Crippen molar-refractivity contribution in [3.8, 4) is 11.5 Å². The SMILES string of the molecule is C=CCN1CC[C@]23CC(=O)CC[C@@]2(OC)[C@@H]1Cc1ccc(OCc2ccccc2)c(OC)c13. The summed E-state index contributed by atoms with van der Waals surface area (Å²) in [5.41, 5.74) is 2.62. The van der Waals surface area contributed by atoms with Gasteiger partial charge in [0.05, 0.1) is 12.7 Å². The van der Waals surface area contributed by atoms with E-state index in [1.54, 1.807) is 7.11 Å². The molecule has 5 heteroatoms. The van der Waals surface area contributed by atoms with Gasteiger partial charge >= 0.3 is 0 Å². The normalized spacial score (nSPS) is 28.5. The van der Waals surface area contributed by atoms with Gasteiger partial charge in [0.15, 0.2) is 11.5 Å². The zero-order chi connectivity index (χ0) is 23.1. The monoisotopic (exact) mass is 447 g/mol. The Morgan fingerprint density at radius 1 is 1.15 bits per heavy atom. The first-order valence-electron chi connectivity index (χ1n) is 11.9. The second-order valence-electron chi connectivity index (χ2n) is 9.55. The molecule has 0 radical (unpaired) electrons. The van der Waals surface area contributed by atoms with Gasteiger partial charge in [-0.1, -0.05) is 42.5 Å². The van der Waals surface area contributed by atoms with Crippen LogP contribution < -0.4 is 9.47 Å². The van der Waals surface area contributed by atoms with E-state index in [2.05, 4.69) is 29.7 Å². The minimum Gasteiger partial charge on any atom is -0.493 e. The number of ketones is 1. The van der Waals surface area contributed by atoms with Crippen molar-refractivity contribution in [2.75, 3.05) is 27.3 Å². The van der Waals surface area contributed by atoms with Gasteiger partial charge in [-0.2, -0.15) is 0 Å². The summed E-state index contributed by atoms with van der Waals surface area (Å²) in [6.07, 6.45) is 5.48. The lowest BCUT2D eigenvalue weighted by atomic mass is 9.49. The van der Waals surface area contributed by atoms with Gasteiger partial charge in [0.1, 0.15) is 12.4 Å². The predicted molar refractivity (Wildman–Crippen MR) is 128 cm³/mol. The van der Waals surface area contributed by atoms with Crippen molar-refractivity contribution in [3.05, 3.63) is 71.8 Å². The molecule has 1 heterocycles. The largest absolute Gasteiger partial charge is 0.493 e. The molecular weight excluding hydrogens is 414 g/mol. The molecular formula is C28H33NO4. The molecule has 5 nitrogen and oxygen atoms in total. The van der Waals surface area contributed by atoms with Crippen LogP contribution in [0, 0.1) is 0 Å². The highest BCUT2D eigenvalue weighted by Crippen LogP contribution is 2.62. The molecule has 1 saturated carbocycles. The predicted octanol–water partition coefficient (Wildman–Crippen LogP) is 4.47. The van der Waals surface area contributed by atoms with Crippen LogP contribution in [-0.4, -0.2) is 49.6 Å². The van der Waals surface area contributed by atoms with E-state index in [4.69, 9.17) is 14.2 Å². The molecule has 1 saturated heterocycles. The van der Waals surface area contributed by atoms with Crippen LogP contribution in [0.2, 0.25) is 0 Å². The second-order valence-corrected chi connectivity index (χ2v) is 9.55. The Hall–Kier alpha value is -2.63. The lowest BCUT2D eigenvalue weighted by molar-refractivity contribution is -0.186. The Balaban J connectivity index is 1.63.